The Balaban J connectivity index is 1.74. The third-order valence-corrected chi connectivity index (χ3v) is 12.4. The molecular weight excluding hydrogens is 702 g/mol. The molecule has 1 aromatic rings. The molecule has 2 bridgehead atoms. The van der Waals surface area contributed by atoms with E-state index in [1.165, 1.54) is 39.8 Å². The molecule has 5 rings (SSSR count). The predicted octanol–water partition coefficient (Wildman–Crippen LogP) is 1.60. The zero-order valence-corrected chi connectivity index (χ0v) is 32.1. The smallest absolute Gasteiger partial charge is 0.338 e. The van der Waals surface area contributed by atoms with Crippen molar-refractivity contribution in [2.75, 3.05) is 6.61 Å². The largest absolute Gasteiger partial charge is 0.455 e. The minimum Gasteiger partial charge on any atom is -0.455 e. The van der Waals surface area contributed by atoms with Crippen LogP contribution in [0.5, 0.6) is 0 Å². The highest BCUT2D eigenvalue weighted by atomic mass is 16.6. The number of carbonyl (C=O) groups is 3. The molecule has 1 saturated heterocycles. The van der Waals surface area contributed by atoms with Gasteiger partial charge in [-0.15, -0.1) is 0 Å². The molecule has 3 aliphatic carbocycles. The van der Waals surface area contributed by atoms with E-state index in [4.69, 9.17) is 18.9 Å². The standard InChI is InChI=1S/C40H55NO13/c1-10-20(4)41-24(16-19(2)3)28(44)36(49)52-30-21(5)27-29(45)32(46)38(9)25(43)17-26-39(18-51-26,54-22(6)42)31(38)34(40(50,33(30)47)37(27,7)8)53-35(48)23-14-12-11-13-15-23/h11-16,24-26,28-34,41,43-47,50H,4,10,17-18H2,1-3,5-9H3/t24-,25-,26+,28+,29+,30+,31-,32+,33-,34-,38+,39-,40+/m0/s1. The molecule has 1 heterocycles. The first-order chi connectivity index (χ1) is 25.1. The number of benzene rings is 1. The van der Waals surface area contributed by atoms with Crippen molar-refractivity contribution in [3.63, 3.8) is 0 Å². The van der Waals surface area contributed by atoms with Crippen molar-refractivity contribution in [1.29, 1.82) is 0 Å². The van der Waals surface area contributed by atoms with Crippen molar-refractivity contribution in [3.8, 4) is 0 Å². The Kier molecular flexibility index (Phi) is 11.4. The van der Waals surface area contributed by atoms with Crippen molar-refractivity contribution < 1.29 is 64.0 Å². The van der Waals surface area contributed by atoms with Crippen LogP contribution in [0.2, 0.25) is 0 Å². The fraction of sp³-hybridized carbons (Fsp3) is 0.625. The second-order valence-corrected chi connectivity index (χ2v) is 16.2. The lowest BCUT2D eigenvalue weighted by molar-refractivity contribution is -0.370. The molecule has 1 aromatic carbocycles. The van der Waals surface area contributed by atoms with E-state index in [0.717, 1.165) is 12.5 Å². The Hall–Kier alpha value is -3.63. The van der Waals surface area contributed by atoms with E-state index < -0.39 is 101 Å². The monoisotopic (exact) mass is 757 g/mol. The summed E-state index contributed by atoms with van der Waals surface area (Å²) < 4.78 is 23.9. The van der Waals surface area contributed by atoms with Crippen LogP contribution in [-0.2, 0) is 28.5 Å². The van der Waals surface area contributed by atoms with Gasteiger partial charge in [0, 0.05) is 29.9 Å². The molecule has 0 radical (unpaired) electrons. The Morgan fingerprint density at radius 2 is 1.67 bits per heavy atom. The molecule has 4 aliphatic rings. The van der Waals surface area contributed by atoms with Gasteiger partial charge in [0.1, 0.15) is 30.0 Å². The van der Waals surface area contributed by atoms with Gasteiger partial charge in [-0.1, -0.05) is 64.1 Å². The Labute approximate surface area is 315 Å². The minimum atomic E-state index is -2.71. The van der Waals surface area contributed by atoms with Crippen molar-refractivity contribution in [1.82, 2.24) is 5.32 Å². The number of hydrogen-bond donors (Lipinski definition) is 7. The highest BCUT2D eigenvalue weighted by Gasteiger charge is 2.79. The summed E-state index contributed by atoms with van der Waals surface area (Å²) in [7, 11) is 0. The summed E-state index contributed by atoms with van der Waals surface area (Å²) in [5, 5.41) is 76.6. The molecule has 0 aromatic heterocycles. The van der Waals surface area contributed by atoms with Crippen LogP contribution in [0.15, 0.2) is 65.4 Å². The molecule has 1 aliphatic heterocycles. The van der Waals surface area contributed by atoms with Crippen LogP contribution in [0.25, 0.3) is 0 Å². The number of aliphatic hydroxyl groups excluding tert-OH is 5. The van der Waals surface area contributed by atoms with Crippen LogP contribution < -0.4 is 5.32 Å². The van der Waals surface area contributed by atoms with Crippen molar-refractivity contribution in [3.05, 3.63) is 71.0 Å². The fourth-order valence-corrected chi connectivity index (χ4v) is 9.40. The van der Waals surface area contributed by atoms with Gasteiger partial charge in [0.05, 0.1) is 36.3 Å². The molecule has 13 atom stereocenters. The lowest BCUT2D eigenvalue weighted by Gasteiger charge is -2.69. The molecule has 7 N–H and O–H groups in total. The lowest BCUT2D eigenvalue weighted by Crippen LogP contribution is -2.84. The number of ether oxygens (including phenoxy) is 4. The van der Waals surface area contributed by atoms with Gasteiger partial charge in [-0.05, 0) is 50.5 Å². The molecule has 298 valence electrons. The average molecular weight is 758 g/mol. The number of nitrogens with one attached hydrogen (secondary N) is 1. The Morgan fingerprint density at radius 1 is 1.04 bits per heavy atom. The van der Waals surface area contributed by atoms with Gasteiger partial charge in [-0.3, -0.25) is 4.79 Å². The van der Waals surface area contributed by atoms with Gasteiger partial charge in [0.2, 0.25) is 0 Å². The van der Waals surface area contributed by atoms with Crippen molar-refractivity contribution in [2.24, 2.45) is 16.7 Å². The zero-order valence-electron chi connectivity index (χ0n) is 32.1. The number of esters is 3. The number of hydrogen-bond acceptors (Lipinski definition) is 14. The van der Waals surface area contributed by atoms with Crippen molar-refractivity contribution in [2.45, 2.75) is 134 Å². The summed E-state index contributed by atoms with van der Waals surface area (Å²) in [6.07, 6.45) is -12.0. The average Bonchev–Trinajstić information content (AvgIpc) is 3.10. The summed E-state index contributed by atoms with van der Waals surface area (Å²) in [6, 6.07) is 6.79. The zero-order chi connectivity index (χ0) is 40.3. The maximum absolute atomic E-state index is 14.1. The molecule has 0 unspecified atom stereocenters. The van der Waals surface area contributed by atoms with E-state index >= 15 is 0 Å². The first-order valence-electron chi connectivity index (χ1n) is 18.3. The third-order valence-electron chi connectivity index (χ3n) is 12.4. The topological polar surface area (TPSA) is 222 Å². The second-order valence-electron chi connectivity index (χ2n) is 16.2. The van der Waals surface area contributed by atoms with Crippen LogP contribution in [-0.4, -0.2) is 121 Å². The highest BCUT2D eigenvalue weighted by Crippen LogP contribution is 2.65. The Morgan fingerprint density at radius 3 is 2.20 bits per heavy atom. The van der Waals surface area contributed by atoms with Crippen LogP contribution in [0.3, 0.4) is 0 Å². The van der Waals surface area contributed by atoms with Gasteiger partial charge in [-0.25, -0.2) is 9.59 Å². The third kappa shape index (κ3) is 6.39. The van der Waals surface area contributed by atoms with E-state index in [0.29, 0.717) is 12.1 Å². The summed E-state index contributed by atoms with van der Waals surface area (Å²) in [5.74, 6) is -4.48. The predicted molar refractivity (Wildman–Crippen MR) is 193 cm³/mol. The number of fused-ring (bicyclic) bond motifs is 5. The number of carbonyl (C=O) groups excluding carboxylic acids is 3. The van der Waals surface area contributed by atoms with Crippen molar-refractivity contribution >= 4 is 17.9 Å². The van der Waals surface area contributed by atoms with Gasteiger partial charge < -0.3 is 54.9 Å². The van der Waals surface area contributed by atoms with Crippen LogP contribution in [0.4, 0.5) is 0 Å². The van der Waals surface area contributed by atoms with Gasteiger partial charge in [0.15, 0.2) is 17.8 Å². The van der Waals surface area contributed by atoms with Crippen LogP contribution in [0, 0.1) is 16.7 Å². The van der Waals surface area contributed by atoms with Gasteiger partial charge >= 0.3 is 17.9 Å². The number of allylic oxidation sites excluding steroid dienone is 2. The molecule has 0 amide bonds. The van der Waals surface area contributed by atoms with E-state index in [1.807, 2.05) is 6.92 Å². The molecule has 2 saturated carbocycles. The molecule has 0 spiro atoms. The number of aliphatic hydroxyl groups is 6. The van der Waals surface area contributed by atoms with E-state index in [2.05, 4.69) is 11.9 Å². The van der Waals surface area contributed by atoms with E-state index in [-0.39, 0.29) is 29.7 Å². The molecule has 3 fully saturated rings. The van der Waals surface area contributed by atoms with Gasteiger partial charge in [0.25, 0.3) is 0 Å². The molecule has 14 nitrogen and oxygen atoms in total. The first-order valence-corrected chi connectivity index (χ1v) is 18.3. The lowest BCUT2D eigenvalue weighted by atomic mass is 9.44. The van der Waals surface area contributed by atoms with E-state index in [9.17, 15) is 45.0 Å². The number of rotatable bonds is 10. The first kappa shape index (κ1) is 41.5. The summed E-state index contributed by atoms with van der Waals surface area (Å²) in [4.78, 5) is 40.7. The van der Waals surface area contributed by atoms with E-state index in [1.54, 1.807) is 38.1 Å². The summed E-state index contributed by atoms with van der Waals surface area (Å²) >= 11 is 0. The molecule has 54 heavy (non-hydrogen) atoms. The van der Waals surface area contributed by atoms with Crippen LogP contribution >= 0.6 is 0 Å². The van der Waals surface area contributed by atoms with Gasteiger partial charge in [-0.2, -0.15) is 0 Å². The molecular formula is C40H55NO13. The fourth-order valence-electron chi connectivity index (χ4n) is 9.40. The minimum absolute atomic E-state index is 0.0500. The summed E-state index contributed by atoms with van der Waals surface area (Å²) in [6.45, 7) is 16.0. The summed E-state index contributed by atoms with van der Waals surface area (Å²) in [5.41, 5.74) is -6.81. The molecule has 14 heteroatoms. The normalized spacial score (nSPS) is 37.7. The van der Waals surface area contributed by atoms with Crippen LogP contribution in [0.1, 0.15) is 78.6 Å². The maximum atomic E-state index is 14.1. The maximum Gasteiger partial charge on any atom is 0.338 e. The Bertz CT molecular complexity index is 1700. The quantitative estimate of drug-likeness (QED) is 0.102. The SMILES string of the molecule is C=C(CC)N[C@@H](C=C(C)C)[C@@H](O)C(=O)O[C@@H]1C(C)=C2[C@@H](O)[C@@H](O)[C@@]3(C)[C@H]([C@H](OC(=O)c4ccccc4)[C@](O)([C@H]1O)C2(C)C)[C@]1(OC(C)=O)CO[C@@H]1C[C@@H]3O. The second kappa shape index (κ2) is 14.8. The highest BCUT2D eigenvalue weighted by molar-refractivity contribution is 5.89.